The molecule has 4 heteroatoms. The molecule has 16 heavy (non-hydrogen) atoms. The number of hydrogen-bond donors (Lipinski definition) is 1. The Balaban J connectivity index is 0.00000225. The fourth-order valence-corrected chi connectivity index (χ4v) is 1.47. The van der Waals surface area contributed by atoms with E-state index in [-0.39, 0.29) is 12.4 Å². The molecule has 1 unspecified atom stereocenters. The van der Waals surface area contributed by atoms with Gasteiger partial charge in [-0.2, -0.15) is 0 Å². The summed E-state index contributed by atoms with van der Waals surface area (Å²) in [6, 6.07) is 6.29. The fraction of sp³-hybridized carbons (Fsp3) is 0.500. The molecule has 0 saturated carbocycles. The van der Waals surface area contributed by atoms with E-state index in [1.165, 1.54) is 5.56 Å². The summed E-state index contributed by atoms with van der Waals surface area (Å²) >= 11 is 0. The summed E-state index contributed by atoms with van der Waals surface area (Å²) < 4.78 is 10.5. The number of benzene rings is 1. The smallest absolute Gasteiger partial charge is 0.122 e. The summed E-state index contributed by atoms with van der Waals surface area (Å²) in [7, 11) is 5.32. The van der Waals surface area contributed by atoms with Crippen LogP contribution in [0.5, 0.6) is 11.5 Å². The van der Waals surface area contributed by atoms with E-state index in [0.717, 1.165) is 17.9 Å². The predicted octanol–water partition coefficient (Wildman–Crippen LogP) is 2.28. The van der Waals surface area contributed by atoms with Gasteiger partial charge in [-0.3, -0.25) is 0 Å². The first-order valence-corrected chi connectivity index (χ1v) is 5.09. The molecule has 0 amide bonds. The summed E-state index contributed by atoms with van der Waals surface area (Å²) in [4.78, 5) is 0. The van der Waals surface area contributed by atoms with Gasteiger partial charge in [0.25, 0.3) is 0 Å². The van der Waals surface area contributed by atoms with Gasteiger partial charge in [-0.25, -0.2) is 0 Å². The highest BCUT2D eigenvalue weighted by molar-refractivity contribution is 5.85. The van der Waals surface area contributed by atoms with Gasteiger partial charge in [0.2, 0.25) is 0 Å². The molecule has 0 aliphatic carbocycles. The van der Waals surface area contributed by atoms with Crippen LogP contribution in [-0.2, 0) is 6.42 Å². The van der Waals surface area contributed by atoms with Crippen molar-refractivity contribution in [2.45, 2.75) is 19.4 Å². The highest BCUT2D eigenvalue weighted by atomic mass is 35.5. The third kappa shape index (κ3) is 3.91. The van der Waals surface area contributed by atoms with Crippen molar-refractivity contribution in [1.82, 2.24) is 5.32 Å². The first-order chi connectivity index (χ1) is 7.21. The molecule has 0 spiro atoms. The molecule has 3 nitrogen and oxygen atoms in total. The molecule has 1 atom stereocenters. The van der Waals surface area contributed by atoms with Crippen molar-refractivity contribution in [3.8, 4) is 11.5 Å². The Morgan fingerprint density at radius 3 is 2.44 bits per heavy atom. The van der Waals surface area contributed by atoms with Gasteiger partial charge in [-0.15, -0.1) is 12.4 Å². The maximum atomic E-state index is 5.31. The molecule has 1 aromatic rings. The molecular weight excluding hydrogens is 226 g/mol. The molecule has 0 bridgehead atoms. The zero-order valence-electron chi connectivity index (χ0n) is 10.2. The van der Waals surface area contributed by atoms with Crippen molar-refractivity contribution in [3.63, 3.8) is 0 Å². The van der Waals surface area contributed by atoms with Crippen LogP contribution in [0.15, 0.2) is 18.2 Å². The van der Waals surface area contributed by atoms with Crippen molar-refractivity contribution in [3.05, 3.63) is 23.8 Å². The van der Waals surface area contributed by atoms with E-state index < -0.39 is 0 Å². The van der Waals surface area contributed by atoms with Gasteiger partial charge in [-0.1, -0.05) is 0 Å². The lowest BCUT2D eigenvalue weighted by Gasteiger charge is -2.14. The number of ether oxygens (including phenoxy) is 2. The van der Waals surface area contributed by atoms with Gasteiger partial charge in [0.1, 0.15) is 11.5 Å². The number of hydrogen-bond acceptors (Lipinski definition) is 3. The van der Waals surface area contributed by atoms with Gasteiger partial charge in [0.15, 0.2) is 0 Å². The molecule has 92 valence electrons. The maximum absolute atomic E-state index is 5.31. The van der Waals surface area contributed by atoms with E-state index in [9.17, 15) is 0 Å². The van der Waals surface area contributed by atoms with Crippen LogP contribution in [0.2, 0.25) is 0 Å². The molecule has 0 aliphatic rings. The molecule has 0 aromatic heterocycles. The highest BCUT2D eigenvalue weighted by Gasteiger charge is 2.08. The van der Waals surface area contributed by atoms with Crippen LogP contribution in [0.4, 0.5) is 0 Å². The van der Waals surface area contributed by atoms with Crippen LogP contribution in [0.1, 0.15) is 12.5 Å². The lowest BCUT2D eigenvalue weighted by molar-refractivity contribution is 0.396. The minimum Gasteiger partial charge on any atom is -0.497 e. The SMILES string of the molecule is CNC(C)Cc1cc(OC)ccc1OC.Cl. The minimum atomic E-state index is 0. The Kier molecular flexibility index (Phi) is 6.93. The second-order valence-electron chi connectivity index (χ2n) is 3.57. The predicted molar refractivity (Wildman–Crippen MR) is 69.0 cm³/mol. The molecular formula is C12H20ClNO2. The average molecular weight is 246 g/mol. The highest BCUT2D eigenvalue weighted by Crippen LogP contribution is 2.24. The Hall–Kier alpha value is -0.930. The maximum Gasteiger partial charge on any atom is 0.122 e. The van der Waals surface area contributed by atoms with E-state index in [4.69, 9.17) is 9.47 Å². The zero-order valence-corrected chi connectivity index (χ0v) is 11.1. The van der Waals surface area contributed by atoms with Crippen LogP contribution in [0.3, 0.4) is 0 Å². The van der Waals surface area contributed by atoms with Crippen molar-refractivity contribution in [2.24, 2.45) is 0 Å². The lowest BCUT2D eigenvalue weighted by Crippen LogP contribution is -2.23. The summed E-state index contributed by atoms with van der Waals surface area (Å²) in [5, 5.41) is 3.21. The number of rotatable bonds is 5. The monoisotopic (exact) mass is 245 g/mol. The van der Waals surface area contributed by atoms with Crippen molar-refractivity contribution < 1.29 is 9.47 Å². The zero-order chi connectivity index (χ0) is 11.3. The number of methoxy groups -OCH3 is 2. The lowest BCUT2D eigenvalue weighted by atomic mass is 10.1. The summed E-state index contributed by atoms with van der Waals surface area (Å²) in [6.07, 6.45) is 0.927. The van der Waals surface area contributed by atoms with Gasteiger partial charge < -0.3 is 14.8 Å². The average Bonchev–Trinajstić information content (AvgIpc) is 2.28. The third-order valence-electron chi connectivity index (χ3n) is 2.51. The Morgan fingerprint density at radius 2 is 1.94 bits per heavy atom. The van der Waals surface area contributed by atoms with Gasteiger partial charge in [0, 0.05) is 6.04 Å². The van der Waals surface area contributed by atoms with E-state index in [0.29, 0.717) is 6.04 Å². The van der Waals surface area contributed by atoms with E-state index in [1.807, 2.05) is 25.2 Å². The van der Waals surface area contributed by atoms with E-state index >= 15 is 0 Å². The molecule has 1 N–H and O–H groups in total. The molecule has 0 radical (unpaired) electrons. The number of nitrogens with one attached hydrogen (secondary N) is 1. The van der Waals surface area contributed by atoms with Crippen molar-refractivity contribution in [2.75, 3.05) is 21.3 Å². The Morgan fingerprint density at radius 1 is 1.25 bits per heavy atom. The van der Waals surface area contributed by atoms with Crippen LogP contribution in [-0.4, -0.2) is 27.3 Å². The standard InChI is InChI=1S/C12H19NO2.ClH/c1-9(13-2)7-10-8-11(14-3)5-6-12(10)15-4;/h5-6,8-9,13H,7H2,1-4H3;1H. The normalized spacial score (nSPS) is 11.5. The molecule has 1 aromatic carbocycles. The van der Waals surface area contributed by atoms with E-state index in [2.05, 4.69) is 12.2 Å². The largest absolute Gasteiger partial charge is 0.497 e. The van der Waals surface area contributed by atoms with Crippen LogP contribution in [0, 0.1) is 0 Å². The van der Waals surface area contributed by atoms with Crippen LogP contribution >= 0.6 is 12.4 Å². The van der Waals surface area contributed by atoms with Crippen LogP contribution < -0.4 is 14.8 Å². The van der Waals surface area contributed by atoms with Crippen LogP contribution in [0.25, 0.3) is 0 Å². The summed E-state index contributed by atoms with van der Waals surface area (Å²) in [5.74, 6) is 1.78. The second-order valence-corrected chi connectivity index (χ2v) is 3.57. The molecule has 0 fully saturated rings. The second kappa shape index (κ2) is 7.36. The molecule has 0 heterocycles. The van der Waals surface area contributed by atoms with E-state index in [1.54, 1.807) is 14.2 Å². The Bertz CT molecular complexity index is 318. The molecule has 0 aliphatic heterocycles. The fourth-order valence-electron chi connectivity index (χ4n) is 1.47. The van der Waals surface area contributed by atoms with Gasteiger partial charge in [-0.05, 0) is 44.2 Å². The third-order valence-corrected chi connectivity index (χ3v) is 2.51. The summed E-state index contributed by atoms with van der Waals surface area (Å²) in [5.41, 5.74) is 1.17. The minimum absolute atomic E-state index is 0. The van der Waals surface area contributed by atoms with Crippen molar-refractivity contribution >= 4 is 12.4 Å². The van der Waals surface area contributed by atoms with Crippen molar-refractivity contribution in [1.29, 1.82) is 0 Å². The van der Waals surface area contributed by atoms with Gasteiger partial charge >= 0.3 is 0 Å². The first-order valence-electron chi connectivity index (χ1n) is 5.09. The quantitative estimate of drug-likeness (QED) is 0.864. The Labute approximate surface area is 104 Å². The molecule has 1 rings (SSSR count). The summed E-state index contributed by atoms with van der Waals surface area (Å²) in [6.45, 7) is 2.14. The first kappa shape index (κ1) is 15.1. The number of halogens is 1. The number of likely N-dealkylation sites (N-methyl/N-ethyl adjacent to an activating group) is 1. The molecule has 0 saturated heterocycles. The van der Waals surface area contributed by atoms with Gasteiger partial charge in [0.05, 0.1) is 14.2 Å². The topological polar surface area (TPSA) is 30.5 Å².